The first-order valence-corrected chi connectivity index (χ1v) is 6.98. The summed E-state index contributed by atoms with van der Waals surface area (Å²) in [4.78, 5) is 4.26. The van der Waals surface area contributed by atoms with Crippen molar-refractivity contribution in [1.82, 2.24) is 10.1 Å². The molecule has 0 atom stereocenters. The summed E-state index contributed by atoms with van der Waals surface area (Å²) in [5, 5.41) is 17.0. The Kier molecular flexibility index (Phi) is 3.76. The Morgan fingerprint density at radius 2 is 2.15 bits per heavy atom. The minimum atomic E-state index is -0.0693. The van der Waals surface area contributed by atoms with Gasteiger partial charge in [0.05, 0.1) is 6.61 Å². The molecule has 0 radical (unpaired) electrons. The van der Waals surface area contributed by atoms with Gasteiger partial charge in [-0.15, -0.1) is 0 Å². The molecule has 3 rings (SSSR count). The zero-order valence-corrected chi connectivity index (χ0v) is 11.3. The SMILES string of the molecule is OCc1ccccc1OCc1nc(-c2ccsc2)no1. The van der Waals surface area contributed by atoms with Gasteiger partial charge in [0, 0.05) is 16.5 Å². The van der Waals surface area contributed by atoms with Gasteiger partial charge in [-0.3, -0.25) is 0 Å². The number of hydrogen-bond donors (Lipinski definition) is 1. The molecule has 0 amide bonds. The largest absolute Gasteiger partial charge is 0.483 e. The van der Waals surface area contributed by atoms with Crippen molar-refractivity contribution < 1.29 is 14.4 Å². The summed E-state index contributed by atoms with van der Waals surface area (Å²) in [5.41, 5.74) is 1.66. The third-order valence-electron chi connectivity index (χ3n) is 2.74. The van der Waals surface area contributed by atoms with Crippen LogP contribution in [-0.2, 0) is 13.2 Å². The zero-order chi connectivity index (χ0) is 13.8. The fourth-order valence-electron chi connectivity index (χ4n) is 1.74. The van der Waals surface area contributed by atoms with E-state index in [1.54, 1.807) is 23.5 Å². The Bertz CT molecular complexity index is 679. The van der Waals surface area contributed by atoms with Crippen molar-refractivity contribution in [2.24, 2.45) is 0 Å². The summed E-state index contributed by atoms with van der Waals surface area (Å²) < 4.78 is 10.7. The first-order chi connectivity index (χ1) is 9.86. The molecule has 2 aromatic heterocycles. The second kappa shape index (κ2) is 5.85. The number of thiophene rings is 1. The summed E-state index contributed by atoms with van der Waals surface area (Å²) in [6.07, 6.45) is 0. The first kappa shape index (κ1) is 12.8. The fourth-order valence-corrected chi connectivity index (χ4v) is 2.37. The molecular formula is C14H12N2O3S. The highest BCUT2D eigenvalue weighted by Gasteiger charge is 2.10. The number of aliphatic hydroxyl groups excluding tert-OH is 1. The number of para-hydroxylation sites is 1. The molecule has 0 aliphatic rings. The van der Waals surface area contributed by atoms with Crippen molar-refractivity contribution in [2.45, 2.75) is 13.2 Å². The van der Waals surface area contributed by atoms with Crippen LogP contribution in [-0.4, -0.2) is 15.2 Å². The Labute approximate surface area is 119 Å². The molecule has 0 fully saturated rings. The number of benzene rings is 1. The molecule has 0 aliphatic heterocycles. The average molecular weight is 288 g/mol. The predicted molar refractivity (Wildman–Crippen MR) is 74.3 cm³/mol. The van der Waals surface area contributed by atoms with Gasteiger partial charge >= 0.3 is 0 Å². The molecule has 20 heavy (non-hydrogen) atoms. The maximum absolute atomic E-state index is 9.21. The lowest BCUT2D eigenvalue weighted by molar-refractivity contribution is 0.229. The van der Waals surface area contributed by atoms with Crippen LogP contribution >= 0.6 is 11.3 Å². The highest BCUT2D eigenvalue weighted by molar-refractivity contribution is 7.08. The van der Waals surface area contributed by atoms with Crippen molar-refractivity contribution in [1.29, 1.82) is 0 Å². The van der Waals surface area contributed by atoms with Crippen LogP contribution in [0.25, 0.3) is 11.4 Å². The minimum Gasteiger partial charge on any atom is -0.483 e. The average Bonchev–Trinajstić information content (AvgIpc) is 3.16. The molecule has 102 valence electrons. The molecule has 0 saturated heterocycles. The van der Waals surface area contributed by atoms with Gasteiger partial charge in [0.1, 0.15) is 5.75 Å². The highest BCUT2D eigenvalue weighted by Crippen LogP contribution is 2.21. The van der Waals surface area contributed by atoms with E-state index in [1.807, 2.05) is 29.0 Å². The maximum atomic E-state index is 9.21. The maximum Gasteiger partial charge on any atom is 0.264 e. The third kappa shape index (κ3) is 2.71. The summed E-state index contributed by atoms with van der Waals surface area (Å²) in [6.45, 7) is 0.105. The number of aliphatic hydroxyl groups is 1. The Hall–Kier alpha value is -2.18. The predicted octanol–water partition coefficient (Wildman–Crippen LogP) is 2.87. The van der Waals surface area contributed by atoms with Crippen LogP contribution in [0.4, 0.5) is 0 Å². The van der Waals surface area contributed by atoms with Gasteiger partial charge in [0.2, 0.25) is 5.82 Å². The van der Waals surface area contributed by atoms with E-state index < -0.39 is 0 Å². The molecule has 0 spiro atoms. The van der Waals surface area contributed by atoms with Crippen molar-refractivity contribution in [3.63, 3.8) is 0 Å². The molecule has 6 heteroatoms. The molecule has 3 aromatic rings. The van der Waals surface area contributed by atoms with Gasteiger partial charge in [0.25, 0.3) is 5.89 Å². The molecule has 2 heterocycles. The summed E-state index contributed by atoms with van der Waals surface area (Å²) in [7, 11) is 0. The van der Waals surface area contributed by atoms with Crippen LogP contribution in [0.3, 0.4) is 0 Å². The Balaban J connectivity index is 1.70. The molecular weight excluding hydrogens is 276 g/mol. The van der Waals surface area contributed by atoms with Gasteiger partial charge < -0.3 is 14.4 Å². The topological polar surface area (TPSA) is 68.4 Å². The van der Waals surface area contributed by atoms with Gasteiger partial charge in [-0.1, -0.05) is 23.4 Å². The van der Waals surface area contributed by atoms with Crippen molar-refractivity contribution in [3.8, 4) is 17.1 Å². The van der Waals surface area contributed by atoms with E-state index in [9.17, 15) is 5.11 Å². The first-order valence-electron chi connectivity index (χ1n) is 6.03. The number of nitrogens with zero attached hydrogens (tertiary/aromatic N) is 2. The normalized spacial score (nSPS) is 10.7. The van der Waals surface area contributed by atoms with Crippen LogP contribution in [0.5, 0.6) is 5.75 Å². The Morgan fingerprint density at radius 1 is 1.25 bits per heavy atom. The van der Waals surface area contributed by atoms with Gasteiger partial charge in [-0.25, -0.2) is 0 Å². The lowest BCUT2D eigenvalue weighted by atomic mass is 10.2. The van der Waals surface area contributed by atoms with Crippen LogP contribution in [0.1, 0.15) is 11.5 Å². The van der Waals surface area contributed by atoms with E-state index >= 15 is 0 Å². The quantitative estimate of drug-likeness (QED) is 0.782. The molecule has 5 nitrogen and oxygen atoms in total. The highest BCUT2D eigenvalue weighted by atomic mass is 32.1. The summed E-state index contributed by atoms with van der Waals surface area (Å²) in [6, 6.07) is 9.22. The molecule has 0 aliphatic carbocycles. The van der Waals surface area contributed by atoms with Crippen LogP contribution < -0.4 is 4.74 Å². The molecule has 0 unspecified atom stereocenters. The van der Waals surface area contributed by atoms with Crippen LogP contribution in [0, 0.1) is 0 Å². The van der Waals surface area contributed by atoms with E-state index in [1.165, 1.54) is 0 Å². The van der Waals surface area contributed by atoms with Crippen molar-refractivity contribution in [3.05, 3.63) is 52.5 Å². The number of aromatic nitrogens is 2. The zero-order valence-electron chi connectivity index (χ0n) is 10.5. The van der Waals surface area contributed by atoms with Crippen molar-refractivity contribution in [2.75, 3.05) is 0 Å². The lowest BCUT2D eigenvalue weighted by Gasteiger charge is -2.07. The van der Waals surface area contributed by atoms with Crippen molar-refractivity contribution >= 4 is 11.3 Å². The monoisotopic (exact) mass is 288 g/mol. The van der Waals surface area contributed by atoms with Crippen LogP contribution in [0.2, 0.25) is 0 Å². The van der Waals surface area contributed by atoms with E-state index in [2.05, 4.69) is 10.1 Å². The van der Waals surface area contributed by atoms with Crippen LogP contribution in [0.15, 0.2) is 45.6 Å². The van der Waals surface area contributed by atoms with E-state index in [4.69, 9.17) is 9.26 Å². The van der Waals surface area contributed by atoms with Gasteiger partial charge in [-0.2, -0.15) is 16.3 Å². The van der Waals surface area contributed by atoms with Gasteiger partial charge in [-0.05, 0) is 17.5 Å². The summed E-state index contributed by atoms with van der Waals surface area (Å²) in [5.74, 6) is 1.57. The number of hydrogen-bond acceptors (Lipinski definition) is 6. The fraction of sp³-hybridized carbons (Fsp3) is 0.143. The standard InChI is InChI=1S/C14H12N2O3S/c17-7-10-3-1-2-4-12(10)18-8-13-15-14(16-19-13)11-5-6-20-9-11/h1-6,9,17H,7-8H2. The molecule has 0 saturated carbocycles. The second-order valence-electron chi connectivity index (χ2n) is 4.08. The second-order valence-corrected chi connectivity index (χ2v) is 4.86. The number of rotatable bonds is 5. The van der Waals surface area contributed by atoms with E-state index in [-0.39, 0.29) is 13.2 Å². The Morgan fingerprint density at radius 3 is 2.95 bits per heavy atom. The minimum absolute atomic E-state index is 0.0693. The number of ether oxygens (including phenoxy) is 1. The molecule has 1 aromatic carbocycles. The van der Waals surface area contributed by atoms with E-state index in [0.717, 1.165) is 11.1 Å². The third-order valence-corrected chi connectivity index (χ3v) is 3.42. The van der Waals surface area contributed by atoms with E-state index in [0.29, 0.717) is 17.5 Å². The molecule has 1 N–H and O–H groups in total. The van der Waals surface area contributed by atoms with Gasteiger partial charge in [0.15, 0.2) is 6.61 Å². The summed E-state index contributed by atoms with van der Waals surface area (Å²) >= 11 is 1.58. The lowest BCUT2D eigenvalue weighted by Crippen LogP contribution is -1.98. The molecule has 0 bridgehead atoms. The smallest absolute Gasteiger partial charge is 0.264 e.